The minimum absolute atomic E-state index is 0. The fourth-order valence-electron chi connectivity index (χ4n) is 10.7. The normalized spacial score (nSPS) is 26.0. The quantitative estimate of drug-likeness (QED) is 0.0235. The number of aliphatic hydroxyl groups excluding tert-OH is 15. The number of nitrogens with one attached hydrogen (secondary N) is 5. The van der Waals surface area contributed by atoms with E-state index in [1.54, 1.807) is 0 Å². The number of ether oxygens (including phenoxy) is 5. The molecular weight excluding hydrogens is 1580 g/mol. The minimum Gasteiger partial charge on any atom is -0.478 e. The maximum Gasteiger partial charge on any atom is 0.370 e. The lowest BCUT2D eigenvalue weighted by Gasteiger charge is -2.38. The number of amides is 5. The van der Waals surface area contributed by atoms with Gasteiger partial charge in [-0.2, -0.15) is 0 Å². The van der Waals surface area contributed by atoms with Crippen molar-refractivity contribution in [3.63, 3.8) is 0 Å². The molecule has 5 heterocycles. The molecule has 0 saturated carbocycles. The number of nitrogens with zero attached hydrogens (tertiary/aromatic N) is 5. The van der Waals surface area contributed by atoms with E-state index >= 15 is 0 Å². The second-order valence-electron chi connectivity index (χ2n) is 24.6. The van der Waals surface area contributed by atoms with Crippen LogP contribution in [0.3, 0.4) is 0 Å². The molecule has 0 radical (unpaired) electrons. The first kappa shape index (κ1) is 104. The van der Waals surface area contributed by atoms with E-state index in [9.17, 15) is 99.0 Å². The van der Waals surface area contributed by atoms with Gasteiger partial charge in [0.05, 0.1) is 93.5 Å². The second-order valence-corrected chi connectivity index (χ2v) is 24.6. The van der Waals surface area contributed by atoms with Crippen LogP contribution >= 0.6 is 0 Å². The highest BCUT2D eigenvalue weighted by Crippen LogP contribution is 2.30. The zero-order valence-corrected chi connectivity index (χ0v) is 61.9. The van der Waals surface area contributed by atoms with Crippen LogP contribution in [0.25, 0.3) is 0 Å². The summed E-state index contributed by atoms with van der Waals surface area (Å²) in [6, 6.07) is -10.5. The van der Waals surface area contributed by atoms with Crippen molar-refractivity contribution in [3.8, 4) is 0 Å². The second kappa shape index (κ2) is 49.0. The maximum absolute atomic E-state index is 11.4. The Morgan fingerprint density at radius 1 is 0.293 bits per heavy atom. The fraction of sp³-hybridized carbons (Fsp3) is 0.583. The topological polar surface area (TPSA) is 1040 Å². The van der Waals surface area contributed by atoms with E-state index in [4.69, 9.17) is 132 Å². The van der Waals surface area contributed by atoms with Crippen LogP contribution in [0.1, 0.15) is 34.6 Å². The molecule has 658 valence electrons. The lowest BCUT2D eigenvalue weighted by Crippen LogP contribution is -2.59. The van der Waals surface area contributed by atoms with Crippen LogP contribution in [0, 0.1) is 0 Å². The molecule has 56 nitrogen and oxygen atoms in total. The highest BCUT2D eigenvalue weighted by molar-refractivity contribution is 5.88. The number of aliphatic hydroxyl groups is 15. The van der Waals surface area contributed by atoms with Gasteiger partial charge in [-0.25, -0.2) is 48.9 Å². The zero-order chi connectivity index (χ0) is 88.7. The molecule has 116 heavy (non-hydrogen) atoms. The predicted octanol–water partition coefficient (Wildman–Crippen LogP) is -19.8. The molecule has 0 aromatic heterocycles. The molecule has 47 N–H and O–H groups in total. The van der Waals surface area contributed by atoms with Gasteiger partial charge in [-0.05, 0) is 30.4 Å². The van der Waals surface area contributed by atoms with Crippen molar-refractivity contribution in [2.24, 2.45) is 82.3 Å². The molecular formula is C60H102N20O36. The summed E-state index contributed by atoms with van der Waals surface area (Å²) in [4.78, 5) is 131. The number of hydrogen-bond donors (Lipinski definition) is 35. The fourth-order valence-corrected chi connectivity index (χ4v) is 10.7. The van der Waals surface area contributed by atoms with E-state index in [0.717, 1.165) is 30.4 Å². The van der Waals surface area contributed by atoms with Crippen molar-refractivity contribution >= 4 is 89.2 Å². The third-order valence-corrected chi connectivity index (χ3v) is 15.5. The lowest BCUT2D eigenvalue weighted by molar-refractivity contribution is -0.146. The van der Waals surface area contributed by atoms with Gasteiger partial charge in [0.25, 0.3) is 0 Å². The summed E-state index contributed by atoms with van der Waals surface area (Å²) in [6.45, 7) is 1.95. The third-order valence-electron chi connectivity index (χ3n) is 15.5. The molecule has 5 amide bonds. The Morgan fingerprint density at radius 3 is 0.500 bits per heavy atom. The number of carbonyl (C=O) groups is 10. The van der Waals surface area contributed by atoms with Gasteiger partial charge in [-0.1, -0.05) is 0 Å². The van der Waals surface area contributed by atoms with Crippen molar-refractivity contribution < 1.29 is 179 Å². The molecule has 5 aliphatic heterocycles. The largest absolute Gasteiger partial charge is 0.478 e. The molecule has 0 aliphatic carbocycles. The number of hydrogen-bond acceptors (Lipinski definition) is 35. The average molecular weight is 1680 g/mol. The van der Waals surface area contributed by atoms with Gasteiger partial charge < -0.3 is 215 Å². The van der Waals surface area contributed by atoms with Crippen molar-refractivity contribution in [2.75, 3.05) is 33.0 Å². The first-order valence-corrected chi connectivity index (χ1v) is 33.1. The standard InChI is InChI=1S/5C12H20N4O7.H2O/c5*1-4(18)15-8-5(16-12(13)14)2-7(11(21)22)23-10(8)9(20)6(19)3-17;/h5*2,5-6,8-10,17,19-20H,3H2,1H3,(H,15,18)(H,21,22)(H4,13,14,16);1H2/t5*5-,6+,8+,9+,10+;/m00000./s1. The molecule has 0 bridgehead atoms. The molecule has 5 rings (SSSR count). The van der Waals surface area contributed by atoms with Crippen molar-refractivity contribution in [1.29, 1.82) is 0 Å². The number of carboxylic acids is 5. The predicted molar refractivity (Wildman–Crippen MR) is 388 cm³/mol. The van der Waals surface area contributed by atoms with Crippen LogP contribution in [-0.4, -0.2) is 382 Å². The Kier molecular flexibility index (Phi) is 44.0. The van der Waals surface area contributed by atoms with Crippen LogP contribution in [0.5, 0.6) is 0 Å². The number of carboxylic acid groups (broad SMARTS) is 5. The number of nitrogens with two attached hydrogens (primary N) is 10. The van der Waals surface area contributed by atoms with E-state index < -0.39 is 273 Å². The summed E-state index contributed by atoms with van der Waals surface area (Å²) >= 11 is 0. The van der Waals surface area contributed by atoms with Crippen LogP contribution in [0.2, 0.25) is 0 Å². The highest BCUT2D eigenvalue weighted by Gasteiger charge is 2.49. The molecule has 0 saturated heterocycles. The molecule has 0 spiro atoms. The summed E-state index contributed by atoms with van der Waals surface area (Å²) in [5.41, 5.74) is 52.9. The SMILES string of the molecule is CC(=O)N[C@H]1[C@H]([C@H](O)[C@H](O)CO)OC(C(=O)O)=C[C@@H]1N=C(N)N.CC(=O)N[C@H]1[C@H]([C@H](O)[C@H](O)CO)OC(C(=O)O)=C[C@@H]1N=C(N)N.CC(=O)N[C@H]1[C@H]([C@H](O)[C@H](O)CO)OC(C(=O)O)=C[C@@H]1N=C(N)N.CC(=O)N[C@H]1[C@H]([C@H](O)[C@H](O)CO)OC(C(=O)O)=C[C@@H]1N=C(N)N.CC(=O)N[C@H]1[C@H]([C@H](O)[C@H](O)CO)OC(C(=O)O)=C[C@@H]1N=C(N)N.O. The van der Waals surface area contributed by atoms with Gasteiger partial charge in [0.2, 0.25) is 58.3 Å². The molecule has 0 fully saturated rings. The Hall–Kier alpha value is -11.9. The number of aliphatic carboxylic acids is 5. The monoisotopic (exact) mass is 1680 g/mol. The summed E-state index contributed by atoms with van der Waals surface area (Å²) in [7, 11) is 0. The molecule has 0 aromatic rings. The lowest BCUT2D eigenvalue weighted by atomic mass is 9.92. The first-order chi connectivity index (χ1) is 53.3. The van der Waals surface area contributed by atoms with Gasteiger partial charge in [0.15, 0.2) is 29.8 Å². The summed E-state index contributed by atoms with van der Waals surface area (Å²) in [6.07, 6.45) is -18.2. The van der Waals surface area contributed by atoms with Gasteiger partial charge in [-0.3, -0.25) is 24.0 Å². The van der Waals surface area contributed by atoms with E-state index in [1.165, 1.54) is 34.6 Å². The van der Waals surface area contributed by atoms with E-state index in [-0.39, 0.29) is 35.3 Å². The van der Waals surface area contributed by atoms with Gasteiger partial charge >= 0.3 is 29.8 Å². The number of carbonyl (C=O) groups excluding carboxylic acids is 5. The van der Waals surface area contributed by atoms with Crippen LogP contribution < -0.4 is 83.9 Å². The van der Waals surface area contributed by atoms with Crippen molar-refractivity contribution in [2.45, 2.75) is 187 Å². The number of guanidine groups is 5. The van der Waals surface area contributed by atoms with Gasteiger partial charge in [-0.15, -0.1) is 0 Å². The van der Waals surface area contributed by atoms with E-state index in [2.05, 4.69) is 51.5 Å². The first-order valence-electron chi connectivity index (χ1n) is 33.1. The summed E-state index contributed by atoms with van der Waals surface area (Å²) in [5, 5.41) is 200. The van der Waals surface area contributed by atoms with Crippen LogP contribution in [-0.2, 0) is 71.6 Å². The molecule has 0 unspecified atom stereocenters. The van der Waals surface area contributed by atoms with Crippen molar-refractivity contribution in [1.82, 2.24) is 26.6 Å². The third kappa shape index (κ3) is 32.9. The Bertz CT molecular complexity index is 3120. The van der Waals surface area contributed by atoms with Gasteiger partial charge in [0, 0.05) is 34.6 Å². The summed E-state index contributed by atoms with van der Waals surface area (Å²) in [5.74, 6) is -14.5. The molecule has 56 heteroatoms. The maximum atomic E-state index is 11.4. The van der Waals surface area contributed by atoms with Crippen LogP contribution in [0.15, 0.2) is 84.1 Å². The smallest absolute Gasteiger partial charge is 0.370 e. The molecule has 0 aromatic carbocycles. The highest BCUT2D eigenvalue weighted by atomic mass is 16.6. The minimum atomic E-state index is -1.70. The number of aliphatic imine (C=N–C) groups is 5. The summed E-state index contributed by atoms with van der Waals surface area (Å²) < 4.78 is 25.7. The van der Waals surface area contributed by atoms with Gasteiger partial charge in [0.1, 0.15) is 91.6 Å². The Labute approximate surface area is 654 Å². The zero-order valence-electron chi connectivity index (χ0n) is 61.9. The van der Waals surface area contributed by atoms with Crippen molar-refractivity contribution in [3.05, 3.63) is 59.2 Å². The average Bonchev–Trinajstić information content (AvgIpc) is 0.825. The molecule has 5 aliphatic rings. The number of rotatable bonds is 30. The van der Waals surface area contributed by atoms with E-state index in [1.807, 2.05) is 0 Å². The Morgan fingerprint density at radius 2 is 0.414 bits per heavy atom. The molecule has 25 atom stereocenters. The van der Waals surface area contributed by atoms with E-state index in [0.29, 0.717) is 0 Å². The van der Waals surface area contributed by atoms with Crippen LogP contribution in [0.4, 0.5) is 0 Å². The Balaban J connectivity index is 0.00000142.